The first-order chi connectivity index (χ1) is 19.8. The van der Waals surface area contributed by atoms with Crippen LogP contribution in [0.4, 0.5) is 10.5 Å². The lowest BCUT2D eigenvalue weighted by Gasteiger charge is -2.34. The van der Waals surface area contributed by atoms with Gasteiger partial charge < -0.3 is 20.1 Å². The second-order valence-electron chi connectivity index (χ2n) is 9.88. The molecule has 11 heteroatoms. The Balaban J connectivity index is 1.16. The smallest absolute Gasteiger partial charge is 0.414 e. The molecule has 3 aromatic rings. The Labute approximate surface area is 237 Å². The van der Waals surface area contributed by atoms with Crippen molar-refractivity contribution in [3.63, 3.8) is 0 Å². The van der Waals surface area contributed by atoms with Crippen LogP contribution in [0.15, 0.2) is 71.7 Å². The van der Waals surface area contributed by atoms with E-state index in [1.807, 2.05) is 35.2 Å². The SMILES string of the molecule is CCOC(=O)CN1CCN(CC2CN(c3ccc(C(N)=NC(=O)c4ccc5ccccc5c4)cc3)C(=O)O2)CC1=O. The molecular formula is C30H31N5O6. The van der Waals surface area contributed by atoms with Gasteiger partial charge in [-0.25, -0.2) is 4.79 Å². The molecule has 3 amide bonds. The van der Waals surface area contributed by atoms with Crippen molar-refractivity contribution >= 4 is 46.2 Å². The van der Waals surface area contributed by atoms with E-state index >= 15 is 0 Å². The number of esters is 1. The average Bonchev–Trinajstić information content (AvgIpc) is 3.33. The molecule has 1 atom stereocenters. The highest BCUT2D eigenvalue weighted by Crippen LogP contribution is 2.23. The normalized spacial score (nSPS) is 18.1. The number of hydrogen-bond acceptors (Lipinski definition) is 7. The highest BCUT2D eigenvalue weighted by molar-refractivity contribution is 6.10. The minimum absolute atomic E-state index is 0.0600. The number of fused-ring (bicyclic) bond motifs is 1. The Kier molecular flexibility index (Phi) is 8.25. The number of aliphatic imine (C=N–C) groups is 1. The molecule has 0 bridgehead atoms. The largest absolute Gasteiger partial charge is 0.465 e. The highest BCUT2D eigenvalue weighted by atomic mass is 16.6. The number of rotatable bonds is 8. The van der Waals surface area contributed by atoms with Crippen LogP contribution in [0.25, 0.3) is 10.8 Å². The molecule has 2 saturated heterocycles. The predicted molar refractivity (Wildman–Crippen MR) is 153 cm³/mol. The monoisotopic (exact) mass is 557 g/mol. The van der Waals surface area contributed by atoms with Crippen molar-refractivity contribution < 1.29 is 28.7 Å². The number of nitrogens with two attached hydrogens (primary N) is 1. The van der Waals surface area contributed by atoms with Crippen molar-refractivity contribution in [1.29, 1.82) is 0 Å². The molecule has 2 N–H and O–H groups in total. The number of hydrogen-bond donors (Lipinski definition) is 1. The fourth-order valence-electron chi connectivity index (χ4n) is 4.93. The summed E-state index contributed by atoms with van der Waals surface area (Å²) in [4.78, 5) is 58.5. The van der Waals surface area contributed by atoms with E-state index in [-0.39, 0.29) is 31.4 Å². The summed E-state index contributed by atoms with van der Waals surface area (Å²) in [6, 6.07) is 20.0. The number of cyclic esters (lactones) is 1. The summed E-state index contributed by atoms with van der Waals surface area (Å²) in [6.45, 7) is 3.74. The zero-order valence-corrected chi connectivity index (χ0v) is 22.7. The van der Waals surface area contributed by atoms with Crippen LogP contribution in [0.1, 0.15) is 22.8 Å². The lowest BCUT2D eigenvalue weighted by atomic mass is 10.1. The van der Waals surface area contributed by atoms with Gasteiger partial charge in [0.05, 0.1) is 19.7 Å². The molecule has 2 aliphatic rings. The van der Waals surface area contributed by atoms with E-state index in [9.17, 15) is 19.2 Å². The number of nitrogens with zero attached hydrogens (tertiary/aromatic N) is 4. The Morgan fingerprint density at radius 3 is 2.46 bits per heavy atom. The molecular weight excluding hydrogens is 526 g/mol. The number of carbonyl (C=O) groups excluding carboxylic acids is 4. The number of anilines is 1. The van der Waals surface area contributed by atoms with E-state index in [0.29, 0.717) is 43.0 Å². The maximum atomic E-state index is 12.7. The molecule has 0 saturated carbocycles. The number of benzene rings is 3. The van der Waals surface area contributed by atoms with E-state index in [1.54, 1.807) is 43.3 Å². The maximum Gasteiger partial charge on any atom is 0.414 e. The van der Waals surface area contributed by atoms with Crippen LogP contribution in [-0.4, -0.2) is 91.5 Å². The molecule has 3 aromatic carbocycles. The van der Waals surface area contributed by atoms with Crippen molar-refractivity contribution in [2.75, 3.05) is 50.8 Å². The molecule has 2 aliphatic heterocycles. The van der Waals surface area contributed by atoms with Gasteiger partial charge in [-0.15, -0.1) is 0 Å². The first kappa shape index (κ1) is 27.8. The lowest BCUT2D eigenvalue weighted by Crippen LogP contribution is -2.53. The fraction of sp³-hybridized carbons (Fsp3) is 0.300. The Morgan fingerprint density at radius 1 is 1.00 bits per heavy atom. The summed E-state index contributed by atoms with van der Waals surface area (Å²) in [5, 5.41) is 1.97. The molecule has 0 aromatic heterocycles. The second-order valence-corrected chi connectivity index (χ2v) is 9.88. The van der Waals surface area contributed by atoms with Crippen molar-refractivity contribution in [2.24, 2.45) is 10.7 Å². The first-order valence-electron chi connectivity index (χ1n) is 13.4. The molecule has 0 spiro atoms. The summed E-state index contributed by atoms with van der Waals surface area (Å²) in [5.74, 6) is -0.962. The van der Waals surface area contributed by atoms with Gasteiger partial charge in [0.25, 0.3) is 5.91 Å². The quantitative estimate of drug-likeness (QED) is 0.254. The van der Waals surface area contributed by atoms with Gasteiger partial charge in [-0.2, -0.15) is 4.99 Å². The van der Waals surface area contributed by atoms with Crippen LogP contribution in [0.3, 0.4) is 0 Å². The third-order valence-electron chi connectivity index (χ3n) is 7.05. The third-order valence-corrected chi connectivity index (χ3v) is 7.05. The van der Waals surface area contributed by atoms with E-state index in [4.69, 9.17) is 15.2 Å². The average molecular weight is 558 g/mol. The van der Waals surface area contributed by atoms with Gasteiger partial charge in [-0.05, 0) is 54.1 Å². The standard InChI is InChI=1S/C30H31N5O6/c1-2-40-27(37)19-34-14-13-33(18-26(34)36)16-25-17-35(30(39)41-25)24-11-9-21(10-12-24)28(31)32-29(38)23-8-7-20-5-3-4-6-22(20)15-23/h3-12,15,25H,2,13-14,16-19H2,1H3,(H2,31,32,38). The third kappa shape index (κ3) is 6.52. The molecule has 2 heterocycles. The topological polar surface area (TPSA) is 135 Å². The number of amidine groups is 1. The van der Waals surface area contributed by atoms with Crippen LogP contribution >= 0.6 is 0 Å². The van der Waals surface area contributed by atoms with Gasteiger partial charge in [-0.1, -0.05) is 30.3 Å². The Morgan fingerprint density at radius 2 is 1.73 bits per heavy atom. The van der Waals surface area contributed by atoms with Gasteiger partial charge in [0.2, 0.25) is 5.91 Å². The zero-order chi connectivity index (χ0) is 28.9. The molecule has 1 unspecified atom stereocenters. The van der Waals surface area contributed by atoms with Crippen molar-refractivity contribution in [1.82, 2.24) is 9.80 Å². The number of amides is 3. The fourth-order valence-corrected chi connectivity index (χ4v) is 4.93. The molecule has 2 fully saturated rings. The number of ether oxygens (including phenoxy) is 2. The second kappa shape index (κ2) is 12.2. The molecule has 0 aliphatic carbocycles. The van der Waals surface area contributed by atoms with Gasteiger partial charge in [-0.3, -0.25) is 24.2 Å². The number of carbonyl (C=O) groups is 4. The van der Waals surface area contributed by atoms with E-state index < -0.39 is 24.1 Å². The lowest BCUT2D eigenvalue weighted by molar-refractivity contribution is -0.151. The van der Waals surface area contributed by atoms with Crippen LogP contribution in [0.2, 0.25) is 0 Å². The van der Waals surface area contributed by atoms with Crippen LogP contribution in [0.5, 0.6) is 0 Å². The molecule has 41 heavy (non-hydrogen) atoms. The van der Waals surface area contributed by atoms with E-state index in [1.165, 1.54) is 9.80 Å². The Bertz CT molecular complexity index is 1500. The van der Waals surface area contributed by atoms with E-state index in [2.05, 4.69) is 4.99 Å². The minimum atomic E-state index is -0.483. The minimum Gasteiger partial charge on any atom is -0.465 e. The van der Waals surface area contributed by atoms with Crippen molar-refractivity contribution in [3.8, 4) is 0 Å². The predicted octanol–water partition coefficient (Wildman–Crippen LogP) is 2.42. The molecule has 5 rings (SSSR count). The summed E-state index contributed by atoms with van der Waals surface area (Å²) in [6.07, 6.45) is -0.902. The molecule has 0 radical (unpaired) electrons. The highest BCUT2D eigenvalue weighted by Gasteiger charge is 2.35. The van der Waals surface area contributed by atoms with Gasteiger partial charge in [0.15, 0.2) is 0 Å². The van der Waals surface area contributed by atoms with Gasteiger partial charge in [0, 0.05) is 36.4 Å². The Hall–Kier alpha value is -4.77. The summed E-state index contributed by atoms with van der Waals surface area (Å²) >= 11 is 0. The van der Waals surface area contributed by atoms with Crippen molar-refractivity contribution in [2.45, 2.75) is 13.0 Å². The summed E-state index contributed by atoms with van der Waals surface area (Å²) in [5.41, 5.74) is 7.73. The van der Waals surface area contributed by atoms with Gasteiger partial charge >= 0.3 is 12.1 Å². The van der Waals surface area contributed by atoms with Crippen LogP contribution in [0, 0.1) is 0 Å². The van der Waals surface area contributed by atoms with Crippen LogP contribution < -0.4 is 10.6 Å². The number of piperazine rings is 1. The summed E-state index contributed by atoms with van der Waals surface area (Å²) < 4.78 is 10.5. The summed E-state index contributed by atoms with van der Waals surface area (Å²) in [7, 11) is 0. The first-order valence-corrected chi connectivity index (χ1v) is 13.4. The molecule has 212 valence electrons. The maximum absolute atomic E-state index is 12.7. The van der Waals surface area contributed by atoms with Crippen molar-refractivity contribution in [3.05, 3.63) is 77.9 Å². The molecule has 11 nitrogen and oxygen atoms in total. The van der Waals surface area contributed by atoms with E-state index in [0.717, 1.165) is 10.8 Å². The van der Waals surface area contributed by atoms with Crippen LogP contribution in [-0.2, 0) is 19.1 Å². The zero-order valence-electron chi connectivity index (χ0n) is 22.7. The van der Waals surface area contributed by atoms with Gasteiger partial charge in [0.1, 0.15) is 18.5 Å².